The summed E-state index contributed by atoms with van der Waals surface area (Å²) in [6.07, 6.45) is 57.1. The van der Waals surface area contributed by atoms with E-state index in [0.717, 1.165) is 135 Å². The van der Waals surface area contributed by atoms with Crippen molar-refractivity contribution in [1.82, 2.24) is 0 Å². The molecular weight excluding hydrogens is 997 g/mol. The first-order chi connectivity index (χ1) is 38.6. The highest BCUT2D eigenvalue weighted by Crippen LogP contribution is 2.26. The van der Waals surface area contributed by atoms with E-state index in [1.807, 2.05) is 0 Å². The molecule has 79 heavy (non-hydrogen) atoms. The first-order valence-corrected chi connectivity index (χ1v) is 31.9. The van der Waals surface area contributed by atoms with Crippen molar-refractivity contribution in [3.05, 3.63) is 72.9 Å². The fourth-order valence-electron chi connectivity index (χ4n) is 9.35. The van der Waals surface area contributed by atoms with Gasteiger partial charge < -0.3 is 39.0 Å². The third-order valence-electron chi connectivity index (χ3n) is 14.2. The van der Waals surface area contributed by atoms with Gasteiger partial charge in [0, 0.05) is 19.3 Å². The van der Waals surface area contributed by atoms with Gasteiger partial charge in [-0.3, -0.25) is 14.4 Å². The van der Waals surface area contributed by atoms with E-state index in [4.69, 9.17) is 23.7 Å². The summed E-state index contributed by atoms with van der Waals surface area (Å²) in [5, 5.41) is 31.6. The molecule has 0 bridgehead atoms. The molecule has 0 spiro atoms. The number of hydrogen-bond acceptors (Lipinski definition) is 11. The average Bonchev–Trinajstić information content (AvgIpc) is 3.47. The van der Waals surface area contributed by atoms with Crippen molar-refractivity contribution in [3.8, 4) is 0 Å². The molecule has 0 aromatic carbocycles. The van der Waals surface area contributed by atoms with E-state index in [-0.39, 0.29) is 25.9 Å². The largest absolute Gasteiger partial charge is 0.479 e. The van der Waals surface area contributed by atoms with Crippen LogP contribution in [0.1, 0.15) is 278 Å². The first-order valence-electron chi connectivity index (χ1n) is 31.9. The lowest BCUT2D eigenvalue weighted by Gasteiger charge is -2.40. The van der Waals surface area contributed by atoms with Gasteiger partial charge >= 0.3 is 23.9 Å². The number of carbonyl (C=O) groups is 4. The van der Waals surface area contributed by atoms with Crippen LogP contribution in [0.5, 0.6) is 0 Å². The number of carboxylic acids is 1. The molecule has 6 unspecified atom stereocenters. The van der Waals surface area contributed by atoms with E-state index in [1.165, 1.54) is 83.5 Å². The van der Waals surface area contributed by atoms with Crippen LogP contribution in [0.4, 0.5) is 0 Å². The Balaban J connectivity index is 2.66. The molecule has 1 aliphatic rings. The van der Waals surface area contributed by atoms with Crippen molar-refractivity contribution >= 4 is 23.9 Å². The summed E-state index contributed by atoms with van der Waals surface area (Å²) in [6.45, 7) is 5.86. The zero-order chi connectivity index (χ0) is 57.5. The van der Waals surface area contributed by atoms with Gasteiger partial charge in [0.1, 0.15) is 18.8 Å². The molecule has 1 aliphatic heterocycles. The summed E-state index contributed by atoms with van der Waals surface area (Å²) in [6, 6.07) is 0. The molecule has 0 radical (unpaired) electrons. The Hall–Kier alpha value is -3.84. The van der Waals surface area contributed by atoms with Crippen molar-refractivity contribution < 1.29 is 58.2 Å². The van der Waals surface area contributed by atoms with E-state index in [1.54, 1.807) is 0 Å². The quantitative estimate of drug-likeness (QED) is 0.0228. The number of ether oxygens (including phenoxy) is 5. The van der Waals surface area contributed by atoms with E-state index in [0.29, 0.717) is 19.3 Å². The minimum Gasteiger partial charge on any atom is -0.479 e. The van der Waals surface area contributed by atoms with Crippen LogP contribution in [-0.4, -0.2) is 89.2 Å². The van der Waals surface area contributed by atoms with Gasteiger partial charge in [-0.2, -0.15) is 0 Å². The second kappa shape index (κ2) is 54.7. The number of esters is 3. The van der Waals surface area contributed by atoms with Crippen LogP contribution in [0.3, 0.4) is 0 Å². The van der Waals surface area contributed by atoms with Gasteiger partial charge in [-0.15, -0.1) is 0 Å². The molecule has 0 amide bonds. The summed E-state index contributed by atoms with van der Waals surface area (Å²) in [5.74, 6) is -3.14. The fraction of sp³-hybridized carbons (Fsp3) is 0.761. The minimum atomic E-state index is -1.91. The third-order valence-corrected chi connectivity index (χ3v) is 14.2. The zero-order valence-electron chi connectivity index (χ0n) is 50.1. The Morgan fingerprint density at radius 2 is 0.797 bits per heavy atom. The van der Waals surface area contributed by atoms with Gasteiger partial charge in [-0.05, 0) is 109 Å². The van der Waals surface area contributed by atoms with Gasteiger partial charge in [0.05, 0.1) is 6.61 Å². The molecule has 12 nitrogen and oxygen atoms in total. The molecular formula is C67H114O12. The lowest BCUT2D eigenvalue weighted by molar-refractivity contribution is -0.301. The summed E-state index contributed by atoms with van der Waals surface area (Å²) in [4.78, 5) is 51.3. The van der Waals surface area contributed by atoms with Crippen molar-refractivity contribution in [2.45, 2.75) is 314 Å². The Kier molecular flexibility index (Phi) is 50.7. The summed E-state index contributed by atoms with van der Waals surface area (Å²) in [7, 11) is 0. The predicted molar refractivity (Wildman–Crippen MR) is 322 cm³/mol. The van der Waals surface area contributed by atoms with Crippen LogP contribution < -0.4 is 0 Å². The number of hydrogen-bond donors (Lipinski definition) is 3. The maximum absolute atomic E-state index is 13.2. The Morgan fingerprint density at radius 3 is 1.24 bits per heavy atom. The maximum atomic E-state index is 13.2. The highest BCUT2D eigenvalue weighted by molar-refractivity contribution is 5.74. The predicted octanol–water partition coefficient (Wildman–Crippen LogP) is 16.9. The number of rotatable bonds is 54. The zero-order valence-corrected chi connectivity index (χ0v) is 50.1. The summed E-state index contributed by atoms with van der Waals surface area (Å²) >= 11 is 0. The van der Waals surface area contributed by atoms with Crippen LogP contribution in [0.2, 0.25) is 0 Å². The topological polar surface area (TPSA) is 175 Å². The Morgan fingerprint density at radius 1 is 0.430 bits per heavy atom. The molecule has 3 N–H and O–H groups in total. The molecule has 1 rings (SSSR count). The molecule has 1 fully saturated rings. The van der Waals surface area contributed by atoms with Gasteiger partial charge in [0.2, 0.25) is 0 Å². The standard InChI is InChI=1S/C67H114O12/c1-4-7-10-13-16-19-22-25-27-29-30-32-33-36-38-41-44-47-50-53-59(68)75-56-58(77-60(69)54-51-48-45-42-39-35-24-21-18-15-12-9-6-3)57-76-67-65(63(72)62(71)64(79-67)66(73)74)78-61(70)55-52-49-46-43-40-37-34-31-28-26-23-20-17-14-11-8-5-2/h7,10,16,19,21,24-28,30,32,58,62-65,67,71-72H,4-6,8-9,11-15,17-18,20,22-23,29,31,33-57H2,1-3H3,(H,73,74)/b10-7-,19-16-,24-21-,27-25-,28-26-,32-30-. The van der Waals surface area contributed by atoms with Gasteiger partial charge in [-0.25, -0.2) is 4.79 Å². The van der Waals surface area contributed by atoms with E-state index in [2.05, 4.69) is 93.7 Å². The average molecular weight is 1110 g/mol. The third kappa shape index (κ3) is 44.5. The molecule has 6 atom stereocenters. The van der Waals surface area contributed by atoms with Crippen molar-refractivity contribution in [2.75, 3.05) is 13.2 Å². The number of aliphatic hydroxyl groups is 2. The van der Waals surface area contributed by atoms with E-state index in [9.17, 15) is 34.5 Å². The van der Waals surface area contributed by atoms with E-state index < -0.39 is 67.3 Å². The number of aliphatic carboxylic acids is 1. The van der Waals surface area contributed by atoms with Crippen LogP contribution in [0.15, 0.2) is 72.9 Å². The monoisotopic (exact) mass is 1110 g/mol. The van der Waals surface area contributed by atoms with E-state index >= 15 is 0 Å². The lowest BCUT2D eigenvalue weighted by Crippen LogP contribution is -2.61. The molecule has 12 heteroatoms. The number of unbranched alkanes of at least 4 members (excludes halogenated alkanes) is 28. The summed E-state index contributed by atoms with van der Waals surface area (Å²) in [5.41, 5.74) is 0. The summed E-state index contributed by atoms with van der Waals surface area (Å²) < 4.78 is 28.5. The normalized spacial score (nSPS) is 18.3. The second-order valence-corrected chi connectivity index (χ2v) is 21.7. The Bertz CT molecular complexity index is 1650. The Labute approximate surface area is 480 Å². The highest BCUT2D eigenvalue weighted by Gasteiger charge is 2.50. The smallest absolute Gasteiger partial charge is 0.335 e. The number of aliphatic hydroxyl groups excluding tert-OH is 2. The van der Waals surface area contributed by atoms with Crippen molar-refractivity contribution in [1.29, 1.82) is 0 Å². The first kappa shape index (κ1) is 73.2. The molecule has 1 heterocycles. The molecule has 454 valence electrons. The second-order valence-electron chi connectivity index (χ2n) is 21.7. The van der Waals surface area contributed by atoms with Crippen LogP contribution >= 0.6 is 0 Å². The van der Waals surface area contributed by atoms with Gasteiger partial charge in [-0.1, -0.05) is 222 Å². The molecule has 0 aromatic heterocycles. The molecule has 0 aromatic rings. The van der Waals surface area contributed by atoms with Crippen LogP contribution in [0, 0.1) is 0 Å². The highest BCUT2D eigenvalue weighted by atomic mass is 16.7. The van der Waals surface area contributed by atoms with Crippen LogP contribution in [-0.2, 0) is 42.9 Å². The lowest BCUT2D eigenvalue weighted by atomic mass is 9.98. The fourth-order valence-corrected chi connectivity index (χ4v) is 9.35. The molecule has 0 aliphatic carbocycles. The number of carboxylic acid groups (broad SMARTS) is 1. The number of allylic oxidation sites excluding steroid dienone is 12. The molecule has 1 saturated heterocycles. The van der Waals surface area contributed by atoms with Gasteiger partial charge in [0.15, 0.2) is 24.6 Å². The molecule has 0 saturated carbocycles. The van der Waals surface area contributed by atoms with Gasteiger partial charge in [0.25, 0.3) is 0 Å². The number of carbonyl (C=O) groups excluding carboxylic acids is 3. The minimum absolute atomic E-state index is 0.0525. The van der Waals surface area contributed by atoms with Crippen LogP contribution in [0.25, 0.3) is 0 Å². The maximum Gasteiger partial charge on any atom is 0.335 e. The SMILES string of the molecule is CC/C=C\C/C=C\C/C=C\C/C=C\CCCCCCCCC(=O)OCC(COC1OC(C(=O)O)C(O)C(O)C1OC(=O)CCCCCCCCC/C=C\CCCCCCCC)OC(=O)CCCCCCC/C=C\CCCCCC. The van der Waals surface area contributed by atoms with Crippen molar-refractivity contribution in [3.63, 3.8) is 0 Å². The van der Waals surface area contributed by atoms with Crippen molar-refractivity contribution in [2.24, 2.45) is 0 Å².